The minimum atomic E-state index is 0.653. The minimum Gasteiger partial charge on any atom is -0.312 e. The maximum atomic E-state index is 4.47. The number of nitrogens with one attached hydrogen (secondary N) is 1. The van der Waals surface area contributed by atoms with E-state index >= 15 is 0 Å². The first-order valence-electron chi connectivity index (χ1n) is 6.84. The third kappa shape index (κ3) is 4.12. The first-order chi connectivity index (χ1) is 9.56. The fourth-order valence-electron chi connectivity index (χ4n) is 1.97. The lowest BCUT2D eigenvalue weighted by atomic mass is 10.1. The van der Waals surface area contributed by atoms with Crippen molar-refractivity contribution in [3.05, 3.63) is 46.2 Å². The van der Waals surface area contributed by atoms with E-state index in [0.717, 1.165) is 34.5 Å². The molecule has 2 rings (SSSR count). The molecule has 0 saturated heterocycles. The van der Waals surface area contributed by atoms with Crippen LogP contribution in [0.25, 0.3) is 11.4 Å². The van der Waals surface area contributed by atoms with E-state index in [1.807, 2.05) is 24.5 Å². The number of halogens is 1. The van der Waals surface area contributed by atoms with E-state index in [0.29, 0.717) is 5.92 Å². The molecule has 1 heterocycles. The van der Waals surface area contributed by atoms with Gasteiger partial charge in [-0.15, -0.1) is 0 Å². The summed E-state index contributed by atoms with van der Waals surface area (Å²) in [7, 11) is 0. The van der Waals surface area contributed by atoms with Crippen LogP contribution in [0.3, 0.4) is 0 Å². The van der Waals surface area contributed by atoms with Crippen LogP contribution in [0.5, 0.6) is 0 Å². The van der Waals surface area contributed by atoms with Crippen LogP contribution in [0.1, 0.15) is 25.0 Å². The molecule has 3 nitrogen and oxygen atoms in total. The number of nitrogens with zero attached hydrogens (tertiary/aromatic N) is 2. The summed E-state index contributed by atoms with van der Waals surface area (Å²) in [6, 6.07) is 6.14. The predicted octanol–water partition coefficient (Wildman–Crippen LogP) is 3.96. The van der Waals surface area contributed by atoms with Crippen molar-refractivity contribution in [2.45, 2.75) is 27.3 Å². The molecular formula is C16H20BrN3. The fourth-order valence-corrected chi connectivity index (χ4v) is 2.44. The van der Waals surface area contributed by atoms with Crippen LogP contribution in [0, 0.1) is 12.8 Å². The Kier molecular flexibility index (Phi) is 5.26. The molecule has 0 aliphatic rings. The number of benzene rings is 1. The van der Waals surface area contributed by atoms with Crippen molar-refractivity contribution in [1.82, 2.24) is 15.3 Å². The van der Waals surface area contributed by atoms with Crippen LogP contribution in [0.15, 0.2) is 35.1 Å². The van der Waals surface area contributed by atoms with Gasteiger partial charge in [0.1, 0.15) is 0 Å². The van der Waals surface area contributed by atoms with Crippen molar-refractivity contribution in [2.24, 2.45) is 5.92 Å². The van der Waals surface area contributed by atoms with Gasteiger partial charge in [0, 0.05) is 34.5 Å². The van der Waals surface area contributed by atoms with Gasteiger partial charge in [-0.25, -0.2) is 9.97 Å². The molecule has 0 radical (unpaired) electrons. The second kappa shape index (κ2) is 6.95. The predicted molar refractivity (Wildman–Crippen MR) is 86.4 cm³/mol. The van der Waals surface area contributed by atoms with Crippen LogP contribution >= 0.6 is 15.9 Å². The van der Waals surface area contributed by atoms with Crippen molar-refractivity contribution in [2.75, 3.05) is 6.54 Å². The van der Waals surface area contributed by atoms with Gasteiger partial charge in [-0.2, -0.15) is 0 Å². The highest BCUT2D eigenvalue weighted by molar-refractivity contribution is 9.10. The van der Waals surface area contributed by atoms with E-state index in [4.69, 9.17) is 0 Å². The molecule has 0 saturated carbocycles. The Hall–Kier alpha value is -1.26. The summed E-state index contributed by atoms with van der Waals surface area (Å²) in [5, 5.41) is 3.39. The van der Waals surface area contributed by atoms with Gasteiger partial charge >= 0.3 is 0 Å². The summed E-state index contributed by atoms with van der Waals surface area (Å²) in [4.78, 5) is 8.94. The summed E-state index contributed by atoms with van der Waals surface area (Å²) in [5.41, 5.74) is 3.36. The molecule has 0 spiro atoms. The van der Waals surface area contributed by atoms with Crippen LogP contribution in [0.4, 0.5) is 0 Å². The van der Waals surface area contributed by atoms with Crippen LogP contribution in [-0.2, 0) is 6.54 Å². The second-order valence-electron chi connectivity index (χ2n) is 5.40. The van der Waals surface area contributed by atoms with Crippen LogP contribution in [-0.4, -0.2) is 16.5 Å². The molecule has 20 heavy (non-hydrogen) atoms. The number of aryl methyl sites for hydroxylation is 1. The Morgan fingerprint density at radius 3 is 2.50 bits per heavy atom. The van der Waals surface area contributed by atoms with E-state index in [1.165, 1.54) is 5.56 Å². The molecule has 0 fully saturated rings. The minimum absolute atomic E-state index is 0.653. The normalized spacial score (nSPS) is 11.1. The zero-order valence-electron chi connectivity index (χ0n) is 12.2. The van der Waals surface area contributed by atoms with Crippen molar-refractivity contribution in [3.8, 4) is 11.4 Å². The number of rotatable bonds is 5. The molecule has 1 aromatic carbocycles. The lowest BCUT2D eigenvalue weighted by molar-refractivity contribution is 0.551. The van der Waals surface area contributed by atoms with E-state index in [2.05, 4.69) is 58.1 Å². The summed E-state index contributed by atoms with van der Waals surface area (Å²) in [6.07, 6.45) is 3.80. The van der Waals surface area contributed by atoms with Crippen molar-refractivity contribution in [1.29, 1.82) is 0 Å². The van der Waals surface area contributed by atoms with Gasteiger partial charge in [0.25, 0.3) is 0 Å². The van der Waals surface area contributed by atoms with Gasteiger partial charge in [0.15, 0.2) is 5.82 Å². The third-order valence-electron chi connectivity index (χ3n) is 3.02. The highest BCUT2D eigenvalue weighted by atomic mass is 79.9. The molecular weight excluding hydrogens is 314 g/mol. The topological polar surface area (TPSA) is 37.8 Å². The zero-order chi connectivity index (χ0) is 14.5. The molecule has 1 aromatic heterocycles. The van der Waals surface area contributed by atoms with Crippen LogP contribution < -0.4 is 5.32 Å². The smallest absolute Gasteiger partial charge is 0.159 e. The maximum Gasteiger partial charge on any atom is 0.159 e. The molecule has 106 valence electrons. The average Bonchev–Trinajstić information content (AvgIpc) is 2.39. The Balaban J connectivity index is 2.07. The van der Waals surface area contributed by atoms with Crippen molar-refractivity contribution >= 4 is 15.9 Å². The molecule has 0 bridgehead atoms. The SMILES string of the molecule is Cc1cc(Br)ccc1-c1ncc(CNCC(C)C)cn1. The van der Waals surface area contributed by atoms with E-state index in [9.17, 15) is 0 Å². The fraction of sp³-hybridized carbons (Fsp3) is 0.375. The Morgan fingerprint density at radius 2 is 1.90 bits per heavy atom. The molecule has 0 unspecified atom stereocenters. The van der Waals surface area contributed by atoms with Crippen LogP contribution in [0.2, 0.25) is 0 Å². The van der Waals surface area contributed by atoms with Gasteiger partial charge in [-0.3, -0.25) is 0 Å². The van der Waals surface area contributed by atoms with Gasteiger partial charge in [-0.05, 0) is 43.1 Å². The first kappa shape index (κ1) is 15.1. The number of hydrogen-bond donors (Lipinski definition) is 1. The quantitative estimate of drug-likeness (QED) is 0.899. The van der Waals surface area contributed by atoms with Gasteiger partial charge < -0.3 is 5.32 Å². The molecule has 0 aliphatic heterocycles. The third-order valence-corrected chi connectivity index (χ3v) is 3.51. The Bertz CT molecular complexity index is 564. The largest absolute Gasteiger partial charge is 0.312 e. The second-order valence-corrected chi connectivity index (χ2v) is 6.31. The molecule has 0 amide bonds. The van der Waals surface area contributed by atoms with Gasteiger partial charge in [0.2, 0.25) is 0 Å². The first-order valence-corrected chi connectivity index (χ1v) is 7.63. The monoisotopic (exact) mass is 333 g/mol. The van der Waals surface area contributed by atoms with Gasteiger partial charge in [-0.1, -0.05) is 29.8 Å². The summed E-state index contributed by atoms with van der Waals surface area (Å²) in [6.45, 7) is 8.29. The molecule has 0 atom stereocenters. The van der Waals surface area contributed by atoms with E-state index in [-0.39, 0.29) is 0 Å². The molecule has 4 heteroatoms. The van der Waals surface area contributed by atoms with Crippen molar-refractivity contribution < 1.29 is 0 Å². The van der Waals surface area contributed by atoms with Gasteiger partial charge in [0.05, 0.1) is 0 Å². The highest BCUT2D eigenvalue weighted by Crippen LogP contribution is 2.23. The standard InChI is InChI=1S/C16H20BrN3/c1-11(2)7-18-8-13-9-19-16(20-10-13)15-5-4-14(17)6-12(15)3/h4-6,9-11,18H,7-8H2,1-3H3. The maximum absolute atomic E-state index is 4.47. The molecule has 1 N–H and O–H groups in total. The average molecular weight is 334 g/mol. The number of hydrogen-bond acceptors (Lipinski definition) is 3. The number of aromatic nitrogens is 2. The lowest BCUT2D eigenvalue weighted by Gasteiger charge is -2.08. The molecule has 2 aromatic rings. The Morgan fingerprint density at radius 1 is 1.20 bits per heavy atom. The highest BCUT2D eigenvalue weighted by Gasteiger charge is 2.05. The van der Waals surface area contributed by atoms with E-state index < -0.39 is 0 Å². The lowest BCUT2D eigenvalue weighted by Crippen LogP contribution is -2.19. The summed E-state index contributed by atoms with van der Waals surface area (Å²) >= 11 is 3.47. The molecule has 0 aliphatic carbocycles. The van der Waals surface area contributed by atoms with Crippen molar-refractivity contribution in [3.63, 3.8) is 0 Å². The summed E-state index contributed by atoms with van der Waals surface area (Å²) < 4.78 is 1.08. The zero-order valence-corrected chi connectivity index (χ0v) is 13.7. The summed E-state index contributed by atoms with van der Waals surface area (Å²) in [5.74, 6) is 1.43. The van der Waals surface area contributed by atoms with E-state index in [1.54, 1.807) is 0 Å². The Labute approximate surface area is 129 Å².